The number of benzene rings is 1. The number of anilines is 1. The first-order valence-electron chi connectivity index (χ1n) is 6.81. The fraction of sp³-hybridized carbons (Fsp3) is 0.467. The summed E-state index contributed by atoms with van der Waals surface area (Å²) in [5, 5.41) is 2.80. The minimum Gasteiger partial charge on any atom is -0.478 e. The Morgan fingerprint density at radius 3 is 2.89 bits per heavy atom. The molecule has 0 aliphatic carbocycles. The van der Waals surface area contributed by atoms with Gasteiger partial charge in [0.25, 0.3) is 5.91 Å². The number of hydrogen-bond donors (Lipinski definition) is 1. The van der Waals surface area contributed by atoms with Gasteiger partial charge in [-0.05, 0) is 31.0 Å². The van der Waals surface area contributed by atoms with Crippen LogP contribution in [0.2, 0.25) is 0 Å². The molecule has 1 heterocycles. The third-order valence-corrected chi connectivity index (χ3v) is 3.28. The highest BCUT2D eigenvalue weighted by atomic mass is 16.5. The summed E-state index contributed by atoms with van der Waals surface area (Å²) in [6.07, 6.45) is 5.56. The Labute approximate surface area is 113 Å². The van der Waals surface area contributed by atoms with Crippen LogP contribution in [0.4, 0.5) is 5.69 Å². The molecule has 1 aliphatic heterocycles. The van der Waals surface area contributed by atoms with Gasteiger partial charge in [-0.25, -0.2) is 0 Å². The van der Waals surface area contributed by atoms with Crippen molar-refractivity contribution >= 4 is 17.9 Å². The summed E-state index contributed by atoms with van der Waals surface area (Å²) in [5.74, 6) is 0.526. The van der Waals surface area contributed by atoms with E-state index in [-0.39, 0.29) is 5.91 Å². The number of fused-ring (bicyclic) bond motifs is 1. The van der Waals surface area contributed by atoms with Crippen LogP contribution in [-0.2, 0) is 4.79 Å². The quantitative estimate of drug-likeness (QED) is 0.632. The number of unbranched alkanes of at least 4 members (excludes halogenated alkanes) is 3. The largest absolute Gasteiger partial charge is 0.478 e. The molecule has 0 fully saturated rings. The molecule has 4 nitrogen and oxygen atoms in total. The van der Waals surface area contributed by atoms with Crippen LogP contribution >= 0.6 is 0 Å². The zero-order valence-corrected chi connectivity index (χ0v) is 11.1. The second-order valence-corrected chi connectivity index (χ2v) is 4.82. The molecule has 1 unspecified atom stereocenters. The van der Waals surface area contributed by atoms with Crippen LogP contribution in [0.25, 0.3) is 0 Å². The molecular weight excluding hydrogens is 242 g/mol. The number of amides is 1. The van der Waals surface area contributed by atoms with E-state index < -0.39 is 6.10 Å². The number of hydrogen-bond acceptors (Lipinski definition) is 3. The number of nitrogens with one attached hydrogen (secondary N) is 1. The molecule has 1 amide bonds. The van der Waals surface area contributed by atoms with Gasteiger partial charge in [0.15, 0.2) is 6.10 Å². The Hall–Kier alpha value is -1.84. The van der Waals surface area contributed by atoms with Crippen LogP contribution in [0.5, 0.6) is 5.75 Å². The Morgan fingerprint density at radius 1 is 1.32 bits per heavy atom. The molecule has 4 heteroatoms. The number of carbonyl (C=O) groups excluding carboxylic acids is 2. The predicted molar refractivity (Wildman–Crippen MR) is 73.6 cm³/mol. The van der Waals surface area contributed by atoms with E-state index in [2.05, 4.69) is 12.2 Å². The van der Waals surface area contributed by atoms with E-state index in [1.165, 1.54) is 12.8 Å². The Balaban J connectivity index is 1.99. The molecule has 0 aromatic heterocycles. The van der Waals surface area contributed by atoms with Crippen LogP contribution in [-0.4, -0.2) is 18.3 Å². The molecular formula is C15H19NO3. The van der Waals surface area contributed by atoms with Crippen molar-refractivity contribution in [3.05, 3.63) is 23.8 Å². The average molecular weight is 261 g/mol. The summed E-state index contributed by atoms with van der Waals surface area (Å²) in [4.78, 5) is 22.6. The average Bonchev–Trinajstić information content (AvgIpc) is 2.43. The minimum absolute atomic E-state index is 0.118. The maximum absolute atomic E-state index is 11.9. The highest BCUT2D eigenvalue weighted by Gasteiger charge is 2.27. The summed E-state index contributed by atoms with van der Waals surface area (Å²) in [6, 6.07) is 5.06. The number of ether oxygens (including phenoxy) is 1. The fourth-order valence-corrected chi connectivity index (χ4v) is 2.19. The first-order valence-corrected chi connectivity index (χ1v) is 6.81. The first-order chi connectivity index (χ1) is 9.24. The highest BCUT2D eigenvalue weighted by molar-refractivity contribution is 5.98. The van der Waals surface area contributed by atoms with E-state index in [1.54, 1.807) is 18.2 Å². The van der Waals surface area contributed by atoms with Gasteiger partial charge in [0.1, 0.15) is 12.0 Å². The second kappa shape index (κ2) is 6.36. The van der Waals surface area contributed by atoms with E-state index in [9.17, 15) is 9.59 Å². The molecule has 0 spiro atoms. The lowest BCUT2D eigenvalue weighted by atomic mass is 10.1. The molecule has 1 aromatic rings. The molecule has 0 saturated heterocycles. The van der Waals surface area contributed by atoms with Gasteiger partial charge in [0, 0.05) is 5.56 Å². The normalized spacial score (nSPS) is 17.3. The minimum atomic E-state index is -0.411. The summed E-state index contributed by atoms with van der Waals surface area (Å²) < 4.78 is 5.70. The fourth-order valence-electron chi connectivity index (χ4n) is 2.19. The number of rotatable bonds is 6. The summed E-state index contributed by atoms with van der Waals surface area (Å²) in [7, 11) is 0. The summed E-state index contributed by atoms with van der Waals surface area (Å²) >= 11 is 0. The molecule has 19 heavy (non-hydrogen) atoms. The zero-order valence-electron chi connectivity index (χ0n) is 11.1. The van der Waals surface area contributed by atoms with Crippen molar-refractivity contribution < 1.29 is 14.3 Å². The number of aldehydes is 1. The third kappa shape index (κ3) is 3.34. The summed E-state index contributed by atoms with van der Waals surface area (Å²) in [5.41, 5.74) is 1.11. The van der Waals surface area contributed by atoms with E-state index in [1.807, 2.05) is 0 Å². The molecule has 1 aliphatic rings. The van der Waals surface area contributed by atoms with Crippen LogP contribution < -0.4 is 10.1 Å². The lowest BCUT2D eigenvalue weighted by molar-refractivity contribution is -0.123. The highest BCUT2D eigenvalue weighted by Crippen LogP contribution is 2.31. The van der Waals surface area contributed by atoms with Crippen molar-refractivity contribution in [3.8, 4) is 5.75 Å². The second-order valence-electron chi connectivity index (χ2n) is 4.82. The van der Waals surface area contributed by atoms with E-state index in [0.717, 1.165) is 25.5 Å². The van der Waals surface area contributed by atoms with E-state index >= 15 is 0 Å². The molecule has 1 aromatic carbocycles. The summed E-state index contributed by atoms with van der Waals surface area (Å²) in [6.45, 7) is 2.16. The molecule has 102 valence electrons. The molecule has 1 atom stereocenters. The molecule has 2 rings (SSSR count). The third-order valence-electron chi connectivity index (χ3n) is 3.28. The van der Waals surface area contributed by atoms with Gasteiger partial charge in [-0.1, -0.05) is 26.2 Å². The van der Waals surface area contributed by atoms with E-state index in [4.69, 9.17) is 4.74 Å². The predicted octanol–water partition coefficient (Wildman–Crippen LogP) is 3.17. The van der Waals surface area contributed by atoms with Crippen LogP contribution in [0.15, 0.2) is 18.2 Å². The van der Waals surface area contributed by atoms with Crippen molar-refractivity contribution in [1.29, 1.82) is 0 Å². The van der Waals surface area contributed by atoms with Crippen LogP contribution in [0.3, 0.4) is 0 Å². The van der Waals surface area contributed by atoms with Gasteiger partial charge in [0.05, 0.1) is 5.69 Å². The SMILES string of the molecule is CCCCCCC1Oc2ccc(C=O)cc2NC1=O. The monoisotopic (exact) mass is 261 g/mol. The lowest BCUT2D eigenvalue weighted by Gasteiger charge is -2.26. The van der Waals surface area contributed by atoms with Crippen LogP contribution in [0, 0.1) is 0 Å². The molecule has 0 radical (unpaired) electrons. The van der Waals surface area contributed by atoms with Gasteiger partial charge in [-0.3, -0.25) is 9.59 Å². The molecule has 0 saturated carbocycles. The zero-order chi connectivity index (χ0) is 13.7. The van der Waals surface area contributed by atoms with Crippen LogP contribution in [0.1, 0.15) is 49.4 Å². The smallest absolute Gasteiger partial charge is 0.265 e. The van der Waals surface area contributed by atoms with Crippen molar-refractivity contribution in [2.24, 2.45) is 0 Å². The Bertz CT molecular complexity index is 470. The Kier molecular flexibility index (Phi) is 4.55. The van der Waals surface area contributed by atoms with Gasteiger partial charge < -0.3 is 10.1 Å². The van der Waals surface area contributed by atoms with E-state index in [0.29, 0.717) is 17.0 Å². The number of carbonyl (C=O) groups is 2. The standard InChI is InChI=1S/C15H19NO3/c1-2-3-4-5-6-14-15(18)16-12-9-11(10-17)7-8-13(12)19-14/h7-10,14H,2-6H2,1H3,(H,16,18). The van der Waals surface area contributed by atoms with Gasteiger partial charge >= 0.3 is 0 Å². The van der Waals surface area contributed by atoms with Crippen molar-refractivity contribution in [1.82, 2.24) is 0 Å². The van der Waals surface area contributed by atoms with Gasteiger partial charge in [0.2, 0.25) is 0 Å². The van der Waals surface area contributed by atoms with Crippen molar-refractivity contribution in [3.63, 3.8) is 0 Å². The van der Waals surface area contributed by atoms with Gasteiger partial charge in [-0.15, -0.1) is 0 Å². The maximum atomic E-state index is 11.9. The van der Waals surface area contributed by atoms with Crippen molar-refractivity contribution in [2.75, 3.05) is 5.32 Å². The van der Waals surface area contributed by atoms with Crippen molar-refractivity contribution in [2.45, 2.75) is 45.1 Å². The maximum Gasteiger partial charge on any atom is 0.265 e. The molecule has 0 bridgehead atoms. The topological polar surface area (TPSA) is 55.4 Å². The lowest BCUT2D eigenvalue weighted by Crippen LogP contribution is -2.36. The first kappa shape index (κ1) is 13.6. The molecule has 1 N–H and O–H groups in total. The Morgan fingerprint density at radius 2 is 2.16 bits per heavy atom. The van der Waals surface area contributed by atoms with Gasteiger partial charge in [-0.2, -0.15) is 0 Å².